The molecule has 2 aliphatic rings. The molecule has 1 aromatic heterocycles. The molecule has 0 N–H and O–H groups in total. The van der Waals surface area contributed by atoms with Crippen LogP contribution in [-0.2, 0) is 13.0 Å². The molecule has 0 spiro atoms. The number of aryl methyl sites for hydroxylation is 2. The first kappa shape index (κ1) is 18.1. The molecule has 0 unspecified atom stereocenters. The number of rotatable bonds is 3. The van der Waals surface area contributed by atoms with Crippen LogP contribution in [0, 0.1) is 0 Å². The lowest BCUT2D eigenvalue weighted by atomic mass is 10.1. The van der Waals surface area contributed by atoms with Gasteiger partial charge in [0.2, 0.25) is 0 Å². The Morgan fingerprint density at radius 3 is 2.37 bits per heavy atom. The SMILES string of the molecule is CSc1ccccc1C(=O)N1CCN(C(=O)c2cc3n(n2)CCCC3)CC1. The van der Waals surface area contributed by atoms with E-state index in [1.165, 1.54) is 0 Å². The minimum absolute atomic E-state index is 0.0199. The summed E-state index contributed by atoms with van der Waals surface area (Å²) in [7, 11) is 0. The average molecular weight is 385 g/mol. The number of piperazine rings is 1. The topological polar surface area (TPSA) is 58.4 Å². The Labute approximate surface area is 163 Å². The van der Waals surface area contributed by atoms with Crippen molar-refractivity contribution in [2.45, 2.75) is 30.7 Å². The van der Waals surface area contributed by atoms with Crippen LogP contribution in [0.15, 0.2) is 35.2 Å². The summed E-state index contributed by atoms with van der Waals surface area (Å²) in [4.78, 5) is 30.3. The van der Waals surface area contributed by atoms with Crippen LogP contribution in [0.4, 0.5) is 0 Å². The summed E-state index contributed by atoms with van der Waals surface area (Å²) in [5.41, 5.74) is 2.44. The summed E-state index contributed by atoms with van der Waals surface area (Å²) in [5, 5.41) is 4.49. The van der Waals surface area contributed by atoms with Crippen molar-refractivity contribution in [1.82, 2.24) is 19.6 Å². The van der Waals surface area contributed by atoms with Gasteiger partial charge in [0.25, 0.3) is 11.8 Å². The van der Waals surface area contributed by atoms with Crippen molar-refractivity contribution in [3.05, 3.63) is 47.3 Å². The summed E-state index contributed by atoms with van der Waals surface area (Å²) < 4.78 is 1.97. The molecule has 2 amide bonds. The van der Waals surface area contributed by atoms with Crippen LogP contribution >= 0.6 is 11.8 Å². The fourth-order valence-corrected chi connectivity index (χ4v) is 4.38. The maximum Gasteiger partial charge on any atom is 0.274 e. The van der Waals surface area contributed by atoms with E-state index in [1.807, 2.05) is 51.1 Å². The number of fused-ring (bicyclic) bond motifs is 1. The number of hydrogen-bond donors (Lipinski definition) is 0. The second kappa shape index (κ2) is 7.76. The lowest BCUT2D eigenvalue weighted by Gasteiger charge is -2.34. The number of thioether (sulfide) groups is 1. The summed E-state index contributed by atoms with van der Waals surface area (Å²) >= 11 is 1.58. The van der Waals surface area contributed by atoms with Crippen molar-refractivity contribution in [2.75, 3.05) is 32.4 Å². The van der Waals surface area contributed by atoms with Crippen LogP contribution in [0.5, 0.6) is 0 Å². The Kier molecular flexibility index (Phi) is 5.20. The highest BCUT2D eigenvalue weighted by atomic mass is 32.2. The van der Waals surface area contributed by atoms with Gasteiger partial charge in [0.15, 0.2) is 5.69 Å². The first-order valence-corrected chi connectivity index (χ1v) is 10.7. The molecule has 6 nitrogen and oxygen atoms in total. The number of benzene rings is 1. The van der Waals surface area contributed by atoms with Gasteiger partial charge in [-0.3, -0.25) is 14.3 Å². The van der Waals surface area contributed by atoms with Gasteiger partial charge < -0.3 is 9.80 Å². The van der Waals surface area contributed by atoms with E-state index in [-0.39, 0.29) is 11.8 Å². The van der Waals surface area contributed by atoms with Gasteiger partial charge in [0, 0.05) is 43.3 Å². The molecule has 2 aromatic rings. The van der Waals surface area contributed by atoms with E-state index in [0.29, 0.717) is 31.9 Å². The van der Waals surface area contributed by atoms with E-state index in [1.54, 1.807) is 11.8 Å². The van der Waals surface area contributed by atoms with Gasteiger partial charge in [-0.2, -0.15) is 5.10 Å². The number of carbonyl (C=O) groups excluding carboxylic acids is 2. The normalized spacial score (nSPS) is 16.9. The molecule has 3 heterocycles. The Morgan fingerprint density at radius 2 is 1.67 bits per heavy atom. The Bertz CT molecular complexity index is 832. The molecule has 7 heteroatoms. The number of nitrogens with zero attached hydrogens (tertiary/aromatic N) is 4. The standard InChI is InChI=1S/C20H24N4O2S/c1-27-18-8-3-2-7-16(18)19(25)22-10-12-23(13-11-22)20(26)17-14-15-6-4-5-9-24(15)21-17/h2-3,7-8,14H,4-6,9-13H2,1H3. The molecule has 1 fully saturated rings. The molecule has 27 heavy (non-hydrogen) atoms. The lowest BCUT2D eigenvalue weighted by Crippen LogP contribution is -2.50. The van der Waals surface area contributed by atoms with Crippen molar-refractivity contribution in [2.24, 2.45) is 0 Å². The number of carbonyl (C=O) groups is 2. The second-order valence-corrected chi connectivity index (χ2v) is 7.83. The lowest BCUT2D eigenvalue weighted by molar-refractivity contribution is 0.0530. The molecule has 0 saturated carbocycles. The summed E-state index contributed by atoms with van der Waals surface area (Å²) in [5.74, 6) is 0.0259. The van der Waals surface area contributed by atoms with Crippen molar-refractivity contribution in [3.63, 3.8) is 0 Å². The van der Waals surface area contributed by atoms with Gasteiger partial charge in [-0.15, -0.1) is 11.8 Å². The zero-order chi connectivity index (χ0) is 18.8. The van der Waals surface area contributed by atoms with E-state index in [0.717, 1.165) is 42.0 Å². The fraction of sp³-hybridized carbons (Fsp3) is 0.450. The highest BCUT2D eigenvalue weighted by Crippen LogP contribution is 2.22. The van der Waals surface area contributed by atoms with Crippen LogP contribution < -0.4 is 0 Å². The molecule has 1 saturated heterocycles. The van der Waals surface area contributed by atoms with Crippen molar-refractivity contribution in [1.29, 1.82) is 0 Å². The smallest absolute Gasteiger partial charge is 0.274 e. The number of hydrogen-bond acceptors (Lipinski definition) is 4. The third kappa shape index (κ3) is 3.60. The Balaban J connectivity index is 1.40. The molecule has 1 aromatic carbocycles. The molecule has 0 radical (unpaired) electrons. The highest BCUT2D eigenvalue weighted by Gasteiger charge is 2.28. The van der Waals surface area contributed by atoms with Gasteiger partial charge in [-0.05, 0) is 43.7 Å². The van der Waals surface area contributed by atoms with Gasteiger partial charge in [0.1, 0.15) is 0 Å². The van der Waals surface area contributed by atoms with Crippen LogP contribution in [0.25, 0.3) is 0 Å². The van der Waals surface area contributed by atoms with E-state index in [9.17, 15) is 9.59 Å². The quantitative estimate of drug-likeness (QED) is 0.763. The maximum atomic E-state index is 12.9. The average Bonchev–Trinajstić information content (AvgIpc) is 3.17. The number of aromatic nitrogens is 2. The Morgan fingerprint density at radius 1 is 0.963 bits per heavy atom. The summed E-state index contributed by atoms with van der Waals surface area (Å²) in [6.07, 6.45) is 5.27. The minimum atomic E-state index is -0.0199. The van der Waals surface area contributed by atoms with Crippen LogP contribution in [-0.4, -0.2) is 63.8 Å². The van der Waals surface area contributed by atoms with Gasteiger partial charge in [-0.25, -0.2) is 0 Å². The largest absolute Gasteiger partial charge is 0.335 e. The summed E-state index contributed by atoms with van der Waals surface area (Å²) in [6.45, 7) is 3.11. The molecule has 0 aliphatic carbocycles. The zero-order valence-corrected chi connectivity index (χ0v) is 16.4. The van der Waals surface area contributed by atoms with E-state index >= 15 is 0 Å². The molecule has 142 valence electrons. The number of amides is 2. The van der Waals surface area contributed by atoms with Gasteiger partial charge in [0.05, 0.1) is 5.56 Å². The van der Waals surface area contributed by atoms with Crippen LogP contribution in [0.3, 0.4) is 0 Å². The van der Waals surface area contributed by atoms with E-state index in [2.05, 4.69) is 5.10 Å². The van der Waals surface area contributed by atoms with Crippen molar-refractivity contribution >= 4 is 23.6 Å². The third-order valence-corrected chi connectivity index (χ3v) is 6.12. The molecule has 4 rings (SSSR count). The second-order valence-electron chi connectivity index (χ2n) is 6.99. The summed E-state index contributed by atoms with van der Waals surface area (Å²) in [6, 6.07) is 9.63. The minimum Gasteiger partial charge on any atom is -0.335 e. The molecule has 0 bridgehead atoms. The monoisotopic (exact) mass is 384 g/mol. The predicted octanol–water partition coefficient (Wildman–Crippen LogP) is 2.54. The molecule has 0 atom stereocenters. The van der Waals surface area contributed by atoms with E-state index < -0.39 is 0 Å². The molecule has 2 aliphatic heterocycles. The predicted molar refractivity (Wildman–Crippen MR) is 105 cm³/mol. The third-order valence-electron chi connectivity index (χ3n) is 5.33. The zero-order valence-electron chi connectivity index (χ0n) is 15.6. The molecular weight excluding hydrogens is 360 g/mol. The highest BCUT2D eigenvalue weighted by molar-refractivity contribution is 7.98. The first-order valence-electron chi connectivity index (χ1n) is 9.45. The van der Waals surface area contributed by atoms with Crippen molar-refractivity contribution in [3.8, 4) is 0 Å². The van der Waals surface area contributed by atoms with Crippen LogP contribution in [0.1, 0.15) is 39.4 Å². The van der Waals surface area contributed by atoms with E-state index in [4.69, 9.17) is 0 Å². The molecular formula is C20H24N4O2S. The first-order chi connectivity index (χ1) is 13.2. The van der Waals surface area contributed by atoms with Gasteiger partial charge in [-0.1, -0.05) is 12.1 Å². The van der Waals surface area contributed by atoms with Gasteiger partial charge >= 0.3 is 0 Å². The Hall–Kier alpha value is -2.28. The van der Waals surface area contributed by atoms with Crippen LogP contribution in [0.2, 0.25) is 0 Å². The fourth-order valence-electron chi connectivity index (χ4n) is 3.79. The maximum absolute atomic E-state index is 12.9. The van der Waals surface area contributed by atoms with Crippen molar-refractivity contribution < 1.29 is 9.59 Å².